The van der Waals surface area contributed by atoms with Gasteiger partial charge < -0.3 is 14.8 Å². The second-order valence-corrected chi connectivity index (χ2v) is 4.67. The molecule has 0 radical (unpaired) electrons. The topological polar surface area (TPSA) is 89.1 Å². The van der Waals surface area contributed by atoms with Crippen LogP contribution in [0.1, 0.15) is 12.7 Å². The summed E-state index contributed by atoms with van der Waals surface area (Å²) in [6, 6.07) is 2.89. The first-order valence-electron chi connectivity index (χ1n) is 6.59. The van der Waals surface area contributed by atoms with Gasteiger partial charge in [0.05, 0.1) is 23.6 Å². The van der Waals surface area contributed by atoms with Crippen LogP contribution in [0.5, 0.6) is 0 Å². The monoisotopic (exact) mass is 290 g/mol. The smallest absolute Gasteiger partial charge is 0.276 e. The first-order chi connectivity index (χ1) is 10.0. The Balaban J connectivity index is 2.28. The molecule has 0 atom stereocenters. The van der Waals surface area contributed by atoms with Crippen LogP contribution in [-0.2, 0) is 13.6 Å². The molecule has 0 aliphatic rings. The van der Waals surface area contributed by atoms with Gasteiger partial charge in [0.2, 0.25) is 0 Å². The largest absolute Gasteiger partial charge is 0.370 e. The van der Waals surface area contributed by atoms with Crippen molar-refractivity contribution < 1.29 is 4.92 Å². The molecule has 0 bridgehead atoms. The Morgan fingerprint density at radius 2 is 2.24 bits per heavy atom. The van der Waals surface area contributed by atoms with Gasteiger partial charge in [-0.25, -0.2) is 9.97 Å². The number of aryl methyl sites for hydroxylation is 1. The van der Waals surface area contributed by atoms with Crippen LogP contribution in [-0.4, -0.2) is 33.1 Å². The standard InChI is InChI=1S/C13H18N6O2/c1-4-14-11-7-10(19(20)21)8-12(16-11)18(3)9-13-15-5-6-17(13)2/h5-8H,4,9H2,1-3H3,(H,14,16). The zero-order chi connectivity index (χ0) is 15.4. The Hall–Kier alpha value is -2.64. The van der Waals surface area contributed by atoms with Gasteiger partial charge in [-0.05, 0) is 6.92 Å². The zero-order valence-corrected chi connectivity index (χ0v) is 12.3. The summed E-state index contributed by atoms with van der Waals surface area (Å²) in [6.45, 7) is 3.08. The molecule has 0 unspecified atom stereocenters. The molecule has 0 aromatic carbocycles. The van der Waals surface area contributed by atoms with Crippen molar-refractivity contribution in [3.05, 3.63) is 40.5 Å². The molecule has 0 aliphatic heterocycles. The second-order valence-electron chi connectivity index (χ2n) is 4.67. The second kappa shape index (κ2) is 6.21. The van der Waals surface area contributed by atoms with E-state index >= 15 is 0 Å². The van der Waals surface area contributed by atoms with Crippen LogP contribution in [0.15, 0.2) is 24.5 Å². The maximum Gasteiger partial charge on any atom is 0.276 e. The van der Waals surface area contributed by atoms with Crippen molar-refractivity contribution in [1.29, 1.82) is 0 Å². The normalized spacial score (nSPS) is 10.4. The lowest BCUT2D eigenvalue weighted by Crippen LogP contribution is -2.20. The van der Waals surface area contributed by atoms with Gasteiger partial charge in [-0.15, -0.1) is 0 Å². The molecule has 1 N–H and O–H groups in total. The van der Waals surface area contributed by atoms with Gasteiger partial charge in [0.25, 0.3) is 5.69 Å². The molecule has 0 fully saturated rings. The van der Waals surface area contributed by atoms with E-state index in [1.165, 1.54) is 12.1 Å². The third-order valence-electron chi connectivity index (χ3n) is 3.06. The molecule has 0 aliphatic carbocycles. The van der Waals surface area contributed by atoms with Crippen molar-refractivity contribution in [2.75, 3.05) is 23.8 Å². The fraction of sp³-hybridized carbons (Fsp3) is 0.385. The van der Waals surface area contributed by atoms with E-state index in [-0.39, 0.29) is 5.69 Å². The number of nitrogens with one attached hydrogen (secondary N) is 1. The van der Waals surface area contributed by atoms with Crippen LogP contribution in [0.3, 0.4) is 0 Å². The minimum absolute atomic E-state index is 0.0163. The van der Waals surface area contributed by atoms with E-state index in [0.717, 1.165) is 5.82 Å². The van der Waals surface area contributed by atoms with Crippen LogP contribution in [0.2, 0.25) is 0 Å². The SMILES string of the molecule is CCNc1cc([N+](=O)[O-])cc(N(C)Cc2nccn2C)n1. The Kier molecular flexibility index (Phi) is 4.36. The van der Waals surface area contributed by atoms with E-state index < -0.39 is 4.92 Å². The number of imidazole rings is 1. The number of rotatable bonds is 6. The molecule has 2 rings (SSSR count). The number of hydrogen-bond donors (Lipinski definition) is 1. The molecule has 112 valence electrons. The predicted octanol–water partition coefficient (Wildman–Crippen LogP) is 1.79. The first-order valence-corrected chi connectivity index (χ1v) is 6.59. The average Bonchev–Trinajstić information content (AvgIpc) is 2.84. The highest BCUT2D eigenvalue weighted by Gasteiger charge is 2.14. The predicted molar refractivity (Wildman–Crippen MR) is 80.4 cm³/mol. The third kappa shape index (κ3) is 3.47. The van der Waals surface area contributed by atoms with E-state index in [0.29, 0.717) is 24.7 Å². The van der Waals surface area contributed by atoms with Gasteiger partial charge in [0.15, 0.2) is 0 Å². The molecule has 8 nitrogen and oxygen atoms in total. The summed E-state index contributed by atoms with van der Waals surface area (Å²) in [4.78, 5) is 21.1. The number of nitro groups is 1. The first kappa shape index (κ1) is 14.8. The van der Waals surface area contributed by atoms with Crippen molar-refractivity contribution >= 4 is 17.3 Å². The molecule has 0 amide bonds. The highest BCUT2D eigenvalue weighted by atomic mass is 16.6. The van der Waals surface area contributed by atoms with E-state index in [2.05, 4.69) is 15.3 Å². The minimum Gasteiger partial charge on any atom is -0.370 e. The number of hydrogen-bond acceptors (Lipinski definition) is 6. The van der Waals surface area contributed by atoms with Crippen molar-refractivity contribution in [1.82, 2.24) is 14.5 Å². The summed E-state index contributed by atoms with van der Waals surface area (Å²) in [7, 11) is 3.73. The summed E-state index contributed by atoms with van der Waals surface area (Å²) in [6.07, 6.45) is 3.57. The summed E-state index contributed by atoms with van der Waals surface area (Å²) in [5, 5.41) is 14.0. The zero-order valence-electron chi connectivity index (χ0n) is 12.3. The molecule has 0 spiro atoms. The molecule has 0 saturated heterocycles. The molecule has 2 aromatic heterocycles. The third-order valence-corrected chi connectivity index (χ3v) is 3.06. The lowest BCUT2D eigenvalue weighted by molar-refractivity contribution is -0.384. The summed E-state index contributed by atoms with van der Waals surface area (Å²) in [5.41, 5.74) is 0.0163. The van der Waals surface area contributed by atoms with Crippen LogP contribution in [0.25, 0.3) is 0 Å². The highest BCUT2D eigenvalue weighted by molar-refractivity contribution is 5.55. The summed E-state index contributed by atoms with van der Waals surface area (Å²) < 4.78 is 1.90. The Labute approximate surface area is 122 Å². The maximum atomic E-state index is 11.0. The average molecular weight is 290 g/mol. The van der Waals surface area contributed by atoms with Crippen LogP contribution in [0.4, 0.5) is 17.3 Å². The van der Waals surface area contributed by atoms with Crippen molar-refractivity contribution in [3.63, 3.8) is 0 Å². The fourth-order valence-corrected chi connectivity index (χ4v) is 1.92. The van der Waals surface area contributed by atoms with Crippen molar-refractivity contribution in [2.24, 2.45) is 7.05 Å². The van der Waals surface area contributed by atoms with Crippen LogP contribution in [0, 0.1) is 10.1 Å². The van der Waals surface area contributed by atoms with E-state index in [1.54, 1.807) is 6.20 Å². The van der Waals surface area contributed by atoms with Gasteiger partial charge in [-0.2, -0.15) is 0 Å². The molecular weight excluding hydrogens is 272 g/mol. The lowest BCUT2D eigenvalue weighted by atomic mass is 10.3. The van der Waals surface area contributed by atoms with Gasteiger partial charge >= 0.3 is 0 Å². The minimum atomic E-state index is -0.416. The van der Waals surface area contributed by atoms with Crippen molar-refractivity contribution in [2.45, 2.75) is 13.5 Å². The van der Waals surface area contributed by atoms with Crippen molar-refractivity contribution in [3.8, 4) is 0 Å². The Bertz CT molecular complexity index is 639. The molecule has 2 aromatic rings. The number of aromatic nitrogens is 3. The van der Waals surface area contributed by atoms with E-state index in [1.807, 2.05) is 36.7 Å². The molecule has 2 heterocycles. The molecule has 8 heteroatoms. The van der Waals surface area contributed by atoms with Crippen LogP contribution < -0.4 is 10.2 Å². The van der Waals surface area contributed by atoms with Gasteiger partial charge in [-0.1, -0.05) is 0 Å². The van der Waals surface area contributed by atoms with Gasteiger partial charge in [0, 0.05) is 33.0 Å². The number of pyridine rings is 1. The van der Waals surface area contributed by atoms with Crippen LogP contribution >= 0.6 is 0 Å². The highest BCUT2D eigenvalue weighted by Crippen LogP contribution is 2.23. The van der Waals surface area contributed by atoms with E-state index in [9.17, 15) is 10.1 Å². The lowest BCUT2D eigenvalue weighted by Gasteiger charge is -2.18. The van der Waals surface area contributed by atoms with Gasteiger partial charge in [0.1, 0.15) is 17.5 Å². The molecular formula is C13H18N6O2. The summed E-state index contributed by atoms with van der Waals surface area (Å²) in [5.74, 6) is 1.88. The van der Waals surface area contributed by atoms with Gasteiger partial charge in [-0.3, -0.25) is 10.1 Å². The number of anilines is 2. The fourth-order valence-electron chi connectivity index (χ4n) is 1.92. The molecule has 21 heavy (non-hydrogen) atoms. The number of nitrogens with zero attached hydrogens (tertiary/aromatic N) is 5. The quantitative estimate of drug-likeness (QED) is 0.644. The maximum absolute atomic E-state index is 11.0. The Morgan fingerprint density at radius 1 is 1.48 bits per heavy atom. The Morgan fingerprint density at radius 3 is 2.81 bits per heavy atom. The summed E-state index contributed by atoms with van der Waals surface area (Å²) >= 11 is 0. The molecule has 0 saturated carbocycles. The van der Waals surface area contributed by atoms with E-state index in [4.69, 9.17) is 0 Å².